The fraction of sp³-hybridized carbons (Fsp3) is 0.294. The quantitative estimate of drug-likeness (QED) is 0.846. The summed E-state index contributed by atoms with van der Waals surface area (Å²) in [5.41, 5.74) is 8.08. The van der Waals surface area contributed by atoms with Crippen molar-refractivity contribution in [2.45, 2.75) is 33.2 Å². The topological polar surface area (TPSA) is 35.2 Å². The molecule has 21 heavy (non-hydrogen) atoms. The molecule has 4 heteroatoms. The maximum Gasteiger partial charge on any atom is 0.166 e. The summed E-state index contributed by atoms with van der Waals surface area (Å²) >= 11 is 6.23. The second kappa shape index (κ2) is 6.46. The minimum atomic E-state index is -0.418. The molecule has 0 radical (unpaired) electrons. The van der Waals surface area contributed by atoms with Crippen LogP contribution in [0.15, 0.2) is 30.3 Å². The van der Waals surface area contributed by atoms with E-state index in [9.17, 15) is 4.39 Å². The predicted molar refractivity (Wildman–Crippen MR) is 84.6 cm³/mol. The molecule has 0 amide bonds. The second-order valence-corrected chi connectivity index (χ2v) is 5.77. The van der Waals surface area contributed by atoms with Gasteiger partial charge in [0.15, 0.2) is 11.6 Å². The minimum absolute atomic E-state index is 0.187. The van der Waals surface area contributed by atoms with Crippen LogP contribution in [0.2, 0.25) is 5.02 Å². The van der Waals surface area contributed by atoms with Crippen LogP contribution in [0.1, 0.15) is 36.5 Å². The number of benzene rings is 2. The van der Waals surface area contributed by atoms with Crippen molar-refractivity contribution in [2.24, 2.45) is 5.73 Å². The lowest BCUT2D eigenvalue weighted by Gasteiger charge is -2.15. The Morgan fingerprint density at radius 3 is 2.48 bits per heavy atom. The van der Waals surface area contributed by atoms with Gasteiger partial charge < -0.3 is 10.5 Å². The Morgan fingerprint density at radius 1 is 1.19 bits per heavy atom. The molecule has 0 aliphatic carbocycles. The van der Waals surface area contributed by atoms with E-state index < -0.39 is 5.82 Å². The van der Waals surface area contributed by atoms with Crippen LogP contribution in [0.5, 0.6) is 11.5 Å². The van der Waals surface area contributed by atoms with Crippen LogP contribution in [-0.4, -0.2) is 0 Å². The Hall–Kier alpha value is -1.58. The molecule has 112 valence electrons. The molecule has 0 unspecified atom stereocenters. The van der Waals surface area contributed by atoms with Crippen molar-refractivity contribution in [2.75, 3.05) is 0 Å². The Bertz CT molecular complexity index is 655. The first-order valence-electron chi connectivity index (χ1n) is 6.88. The fourth-order valence-corrected chi connectivity index (χ4v) is 2.53. The standard InChI is InChI=1S/C17H19ClFNO/c1-10(2)13-8-17(11(3)6-14(13)18)21-16-5-4-12(9-20)7-15(16)19/h4-8,10H,9,20H2,1-3H3. The molecule has 2 aromatic rings. The van der Waals surface area contributed by atoms with Crippen molar-refractivity contribution in [3.8, 4) is 11.5 Å². The third-order valence-corrected chi connectivity index (χ3v) is 3.70. The number of rotatable bonds is 4. The molecule has 0 spiro atoms. The van der Waals surface area contributed by atoms with Gasteiger partial charge in [-0.1, -0.05) is 31.5 Å². The van der Waals surface area contributed by atoms with Crippen molar-refractivity contribution >= 4 is 11.6 Å². The average Bonchev–Trinajstić information content (AvgIpc) is 2.43. The molecule has 0 saturated heterocycles. The first-order chi connectivity index (χ1) is 9.92. The summed E-state index contributed by atoms with van der Waals surface area (Å²) in [5.74, 6) is 0.651. The van der Waals surface area contributed by atoms with E-state index in [4.69, 9.17) is 22.1 Å². The fourth-order valence-electron chi connectivity index (χ4n) is 2.09. The number of hydrogen-bond donors (Lipinski definition) is 1. The normalized spacial score (nSPS) is 11.0. The first kappa shape index (κ1) is 15.8. The number of ether oxygens (including phenoxy) is 1. The van der Waals surface area contributed by atoms with E-state index in [2.05, 4.69) is 13.8 Å². The molecule has 0 aliphatic rings. The summed E-state index contributed by atoms with van der Waals surface area (Å²) in [4.78, 5) is 0. The molecule has 0 aliphatic heterocycles. The monoisotopic (exact) mass is 307 g/mol. The maximum atomic E-state index is 14.0. The van der Waals surface area contributed by atoms with E-state index in [0.717, 1.165) is 16.7 Å². The maximum absolute atomic E-state index is 14.0. The molecule has 0 saturated carbocycles. The number of hydrogen-bond acceptors (Lipinski definition) is 2. The van der Waals surface area contributed by atoms with Gasteiger partial charge >= 0.3 is 0 Å². The Morgan fingerprint density at radius 2 is 1.90 bits per heavy atom. The highest BCUT2D eigenvalue weighted by molar-refractivity contribution is 6.31. The molecule has 0 aromatic heterocycles. The van der Waals surface area contributed by atoms with Gasteiger partial charge in [0.05, 0.1) is 0 Å². The SMILES string of the molecule is Cc1cc(Cl)c(C(C)C)cc1Oc1ccc(CN)cc1F. The smallest absolute Gasteiger partial charge is 0.166 e. The van der Waals surface area contributed by atoms with Gasteiger partial charge in [-0.2, -0.15) is 0 Å². The molecular weight excluding hydrogens is 289 g/mol. The van der Waals surface area contributed by atoms with Gasteiger partial charge in [-0.05, 0) is 53.8 Å². The van der Waals surface area contributed by atoms with Crippen molar-refractivity contribution in [3.63, 3.8) is 0 Å². The highest BCUT2D eigenvalue weighted by Gasteiger charge is 2.12. The van der Waals surface area contributed by atoms with Crippen LogP contribution in [0.25, 0.3) is 0 Å². The van der Waals surface area contributed by atoms with Crippen molar-refractivity contribution in [3.05, 3.63) is 57.9 Å². The lowest BCUT2D eigenvalue weighted by Crippen LogP contribution is -1.99. The lowest BCUT2D eigenvalue weighted by molar-refractivity contribution is 0.438. The zero-order valence-corrected chi connectivity index (χ0v) is 13.2. The van der Waals surface area contributed by atoms with Gasteiger partial charge in [0.1, 0.15) is 5.75 Å². The lowest BCUT2D eigenvalue weighted by atomic mass is 10.0. The number of aryl methyl sites for hydroxylation is 1. The molecule has 0 heterocycles. The number of halogens is 2. The second-order valence-electron chi connectivity index (χ2n) is 5.36. The third-order valence-electron chi connectivity index (χ3n) is 3.37. The molecule has 0 bridgehead atoms. The van der Waals surface area contributed by atoms with Gasteiger partial charge in [0, 0.05) is 11.6 Å². The van der Waals surface area contributed by atoms with E-state index in [-0.39, 0.29) is 11.7 Å². The molecule has 2 rings (SSSR count). The van der Waals surface area contributed by atoms with Crippen molar-refractivity contribution in [1.29, 1.82) is 0 Å². The summed E-state index contributed by atoms with van der Waals surface area (Å²) in [5, 5.41) is 0.703. The largest absolute Gasteiger partial charge is 0.454 e. The summed E-state index contributed by atoms with van der Waals surface area (Å²) in [7, 11) is 0. The minimum Gasteiger partial charge on any atom is -0.454 e. The molecule has 0 fully saturated rings. The molecule has 0 atom stereocenters. The van der Waals surface area contributed by atoms with Crippen LogP contribution in [0.3, 0.4) is 0 Å². The third kappa shape index (κ3) is 3.55. The number of nitrogens with two attached hydrogens (primary N) is 1. The summed E-state index contributed by atoms with van der Waals surface area (Å²) in [6.45, 7) is 6.29. The Balaban J connectivity index is 2.37. The van der Waals surface area contributed by atoms with Gasteiger partial charge in [-0.25, -0.2) is 4.39 Å². The Labute approximate surface area is 129 Å². The van der Waals surface area contributed by atoms with Gasteiger partial charge in [0.25, 0.3) is 0 Å². The van der Waals surface area contributed by atoms with Crippen LogP contribution in [-0.2, 0) is 6.54 Å². The summed E-state index contributed by atoms with van der Waals surface area (Å²) in [6.07, 6.45) is 0. The van der Waals surface area contributed by atoms with Crippen LogP contribution in [0, 0.1) is 12.7 Å². The molecular formula is C17H19ClFNO. The highest BCUT2D eigenvalue weighted by atomic mass is 35.5. The van der Waals surface area contributed by atoms with E-state index in [1.165, 1.54) is 6.07 Å². The highest BCUT2D eigenvalue weighted by Crippen LogP contribution is 2.34. The van der Waals surface area contributed by atoms with Gasteiger partial charge in [-0.15, -0.1) is 0 Å². The summed E-state index contributed by atoms with van der Waals surface area (Å²) < 4.78 is 19.7. The van der Waals surface area contributed by atoms with Crippen molar-refractivity contribution in [1.82, 2.24) is 0 Å². The van der Waals surface area contributed by atoms with Crippen LogP contribution < -0.4 is 10.5 Å². The van der Waals surface area contributed by atoms with Crippen LogP contribution >= 0.6 is 11.6 Å². The van der Waals surface area contributed by atoms with E-state index in [0.29, 0.717) is 17.3 Å². The zero-order valence-electron chi connectivity index (χ0n) is 12.4. The predicted octanol–water partition coefficient (Wildman–Crippen LogP) is 5.16. The van der Waals surface area contributed by atoms with E-state index in [1.807, 2.05) is 19.1 Å². The van der Waals surface area contributed by atoms with Crippen molar-refractivity contribution < 1.29 is 9.13 Å². The van der Waals surface area contributed by atoms with Crippen LogP contribution in [0.4, 0.5) is 4.39 Å². The van der Waals surface area contributed by atoms with Gasteiger partial charge in [-0.3, -0.25) is 0 Å². The molecule has 2 N–H and O–H groups in total. The average molecular weight is 308 g/mol. The molecule has 2 nitrogen and oxygen atoms in total. The van der Waals surface area contributed by atoms with Gasteiger partial charge in [0.2, 0.25) is 0 Å². The Kier molecular flexibility index (Phi) is 4.86. The van der Waals surface area contributed by atoms with E-state index in [1.54, 1.807) is 12.1 Å². The molecule has 2 aromatic carbocycles. The first-order valence-corrected chi connectivity index (χ1v) is 7.26. The summed E-state index contributed by atoms with van der Waals surface area (Å²) in [6, 6.07) is 8.47. The zero-order chi connectivity index (χ0) is 15.6. The van der Waals surface area contributed by atoms with E-state index >= 15 is 0 Å².